The number of hydrogen-bond donors (Lipinski definition) is 2. The molecule has 2 aromatic carbocycles. The number of benzene rings is 2. The Morgan fingerprint density at radius 3 is 2.35 bits per heavy atom. The molecule has 1 unspecified atom stereocenters. The van der Waals surface area contributed by atoms with E-state index in [9.17, 15) is 24.6 Å². The minimum absolute atomic E-state index is 0.0425. The fourth-order valence-corrected chi connectivity index (χ4v) is 3.51. The molecule has 3 rings (SSSR count). The maximum absolute atomic E-state index is 13.2. The molecule has 1 heterocycles. The maximum atomic E-state index is 13.2. The summed E-state index contributed by atoms with van der Waals surface area (Å²) in [6.07, 6.45) is 0. The number of carbonyl (C=O) groups excluding carboxylic acids is 3. The van der Waals surface area contributed by atoms with Gasteiger partial charge in [-0.3, -0.25) is 14.5 Å². The highest BCUT2D eigenvalue weighted by molar-refractivity contribution is 6.17. The number of aromatic hydroxyl groups is 1. The summed E-state index contributed by atoms with van der Waals surface area (Å²) >= 11 is 0. The lowest BCUT2D eigenvalue weighted by atomic mass is 9.82. The van der Waals surface area contributed by atoms with Gasteiger partial charge in [0.05, 0.1) is 23.8 Å². The summed E-state index contributed by atoms with van der Waals surface area (Å²) in [5.74, 6) is -2.39. The molecule has 0 aliphatic carbocycles. The number of amides is 1. The number of aliphatic hydroxyl groups excluding tert-OH is 1. The monoisotopic (exact) mass is 423 g/mol. The van der Waals surface area contributed by atoms with Gasteiger partial charge in [0.15, 0.2) is 11.5 Å². The largest absolute Gasteiger partial charge is 0.508 e. The van der Waals surface area contributed by atoms with E-state index in [2.05, 4.69) is 0 Å². The van der Waals surface area contributed by atoms with Crippen LogP contribution in [0.25, 0.3) is 0 Å². The highest BCUT2D eigenvalue weighted by atomic mass is 16.5. The molecule has 0 spiro atoms. The van der Waals surface area contributed by atoms with Crippen molar-refractivity contribution in [3.63, 3.8) is 0 Å². The van der Waals surface area contributed by atoms with Crippen molar-refractivity contribution in [2.24, 2.45) is 5.41 Å². The summed E-state index contributed by atoms with van der Waals surface area (Å²) in [5.41, 5.74) is 0.0850. The molecule has 1 amide bonds. The van der Waals surface area contributed by atoms with Gasteiger partial charge in [0.2, 0.25) is 0 Å². The normalized spacial score (nSPS) is 16.6. The van der Waals surface area contributed by atoms with Crippen LogP contribution < -0.4 is 4.90 Å². The average Bonchev–Trinajstić information content (AvgIpc) is 2.98. The third-order valence-corrected chi connectivity index (χ3v) is 4.96. The van der Waals surface area contributed by atoms with Gasteiger partial charge >= 0.3 is 5.97 Å². The first-order valence-corrected chi connectivity index (χ1v) is 9.93. The molecule has 2 N–H and O–H groups in total. The molecule has 162 valence electrons. The summed E-state index contributed by atoms with van der Waals surface area (Å²) in [6.45, 7) is 6.98. The average molecular weight is 423 g/mol. The third kappa shape index (κ3) is 4.17. The van der Waals surface area contributed by atoms with Crippen LogP contribution >= 0.6 is 0 Å². The zero-order valence-corrected chi connectivity index (χ0v) is 17.9. The minimum atomic E-state index is -0.969. The van der Waals surface area contributed by atoms with Gasteiger partial charge in [0.1, 0.15) is 5.75 Å². The number of aliphatic hydroxyl groups is 1. The van der Waals surface area contributed by atoms with E-state index >= 15 is 0 Å². The topological polar surface area (TPSA) is 104 Å². The van der Waals surface area contributed by atoms with Gasteiger partial charge in [-0.2, -0.15) is 0 Å². The zero-order chi connectivity index (χ0) is 22.9. The molecule has 0 aromatic heterocycles. The molecule has 31 heavy (non-hydrogen) atoms. The van der Waals surface area contributed by atoms with Crippen LogP contribution in [-0.4, -0.2) is 34.5 Å². The van der Waals surface area contributed by atoms with Crippen LogP contribution in [-0.2, 0) is 14.3 Å². The Labute approximate surface area is 180 Å². The number of phenols is 1. The molecule has 2 aromatic rings. The smallest absolute Gasteiger partial charge is 0.338 e. The van der Waals surface area contributed by atoms with Gasteiger partial charge in [0.25, 0.3) is 5.91 Å². The molecule has 0 saturated heterocycles. The summed E-state index contributed by atoms with van der Waals surface area (Å²) < 4.78 is 5.04. The molecule has 1 atom stereocenters. The summed E-state index contributed by atoms with van der Waals surface area (Å²) in [4.78, 5) is 39.7. The number of Topliss-reactive ketones (excluding diaryl/α,β-unsaturated/α-hetero) is 1. The molecule has 1 aliphatic heterocycles. The van der Waals surface area contributed by atoms with Crippen molar-refractivity contribution < 1.29 is 29.3 Å². The van der Waals surface area contributed by atoms with E-state index < -0.39 is 34.9 Å². The standard InChI is InChI=1S/C24H25NO6/c1-5-31-23(30)15-9-6-10-16(12-15)25-19(14-8-7-11-17(26)13-14)18(20(27)22(25)29)21(28)24(2,3)4/h6-13,19,26-27H,5H2,1-4H3. The number of rotatable bonds is 5. The van der Waals surface area contributed by atoms with Gasteiger partial charge in [0, 0.05) is 11.1 Å². The molecule has 7 heteroatoms. The Kier molecular flexibility index (Phi) is 5.88. The summed E-state index contributed by atoms with van der Waals surface area (Å²) in [7, 11) is 0. The second kappa shape index (κ2) is 8.26. The lowest BCUT2D eigenvalue weighted by Gasteiger charge is -2.29. The second-order valence-electron chi connectivity index (χ2n) is 8.28. The SMILES string of the molecule is CCOC(=O)c1cccc(N2C(=O)C(O)=C(C(=O)C(C)(C)C)C2c2cccc(O)c2)c1. The Hall–Kier alpha value is -3.61. The molecular weight excluding hydrogens is 398 g/mol. The maximum Gasteiger partial charge on any atom is 0.338 e. The van der Waals surface area contributed by atoms with Crippen LogP contribution in [0.15, 0.2) is 59.9 Å². The fourth-order valence-electron chi connectivity index (χ4n) is 3.51. The fraction of sp³-hybridized carbons (Fsp3) is 0.292. The first-order chi connectivity index (χ1) is 14.6. The molecule has 7 nitrogen and oxygen atoms in total. The molecule has 0 radical (unpaired) electrons. The Morgan fingerprint density at radius 1 is 1.06 bits per heavy atom. The van der Waals surface area contributed by atoms with Crippen molar-refractivity contribution in [2.45, 2.75) is 33.7 Å². The Morgan fingerprint density at radius 2 is 1.74 bits per heavy atom. The van der Waals surface area contributed by atoms with E-state index in [0.29, 0.717) is 11.3 Å². The van der Waals surface area contributed by atoms with Crippen molar-refractivity contribution in [1.29, 1.82) is 0 Å². The van der Waals surface area contributed by atoms with Crippen molar-refractivity contribution in [3.05, 3.63) is 71.0 Å². The number of anilines is 1. The van der Waals surface area contributed by atoms with Crippen molar-refractivity contribution in [2.75, 3.05) is 11.5 Å². The Balaban J connectivity index is 2.18. The minimum Gasteiger partial charge on any atom is -0.508 e. The van der Waals surface area contributed by atoms with Crippen molar-refractivity contribution >= 4 is 23.3 Å². The van der Waals surface area contributed by atoms with Gasteiger partial charge in [-0.25, -0.2) is 4.79 Å². The van der Waals surface area contributed by atoms with Gasteiger partial charge in [-0.1, -0.05) is 39.0 Å². The van der Waals surface area contributed by atoms with Crippen LogP contribution in [0.2, 0.25) is 0 Å². The predicted octanol–water partition coefficient (Wildman–Crippen LogP) is 4.08. The predicted molar refractivity (Wildman–Crippen MR) is 115 cm³/mol. The van der Waals surface area contributed by atoms with Crippen LogP contribution in [0, 0.1) is 5.41 Å². The molecular formula is C24H25NO6. The van der Waals surface area contributed by atoms with Gasteiger partial charge < -0.3 is 14.9 Å². The lowest BCUT2D eigenvalue weighted by Crippen LogP contribution is -2.33. The van der Waals surface area contributed by atoms with Crippen molar-refractivity contribution in [3.8, 4) is 5.75 Å². The zero-order valence-electron chi connectivity index (χ0n) is 17.9. The van der Waals surface area contributed by atoms with Crippen LogP contribution in [0.5, 0.6) is 5.75 Å². The highest BCUT2D eigenvalue weighted by Gasteiger charge is 2.46. The lowest BCUT2D eigenvalue weighted by molar-refractivity contribution is -0.123. The van der Waals surface area contributed by atoms with Crippen LogP contribution in [0.3, 0.4) is 0 Å². The molecule has 0 saturated carbocycles. The van der Waals surface area contributed by atoms with Gasteiger partial charge in [-0.05, 0) is 42.8 Å². The van der Waals surface area contributed by atoms with E-state index in [-0.39, 0.29) is 23.5 Å². The second-order valence-corrected chi connectivity index (χ2v) is 8.28. The summed E-state index contributed by atoms with van der Waals surface area (Å²) in [5, 5.41) is 20.7. The third-order valence-electron chi connectivity index (χ3n) is 4.96. The van der Waals surface area contributed by atoms with Crippen molar-refractivity contribution in [1.82, 2.24) is 0 Å². The molecule has 0 bridgehead atoms. The van der Waals surface area contributed by atoms with E-state index in [0.717, 1.165) is 0 Å². The van der Waals surface area contributed by atoms with Crippen LogP contribution in [0.4, 0.5) is 5.69 Å². The number of esters is 1. The summed E-state index contributed by atoms with van der Waals surface area (Å²) in [6, 6.07) is 11.4. The first-order valence-electron chi connectivity index (χ1n) is 9.93. The number of ether oxygens (including phenoxy) is 1. The Bertz CT molecular complexity index is 1080. The first kappa shape index (κ1) is 22.1. The van der Waals surface area contributed by atoms with E-state index in [1.807, 2.05) is 0 Å². The number of hydrogen-bond acceptors (Lipinski definition) is 6. The van der Waals surface area contributed by atoms with E-state index in [4.69, 9.17) is 4.74 Å². The highest BCUT2D eigenvalue weighted by Crippen LogP contribution is 2.44. The number of ketones is 1. The van der Waals surface area contributed by atoms with Crippen LogP contribution in [0.1, 0.15) is 49.7 Å². The van der Waals surface area contributed by atoms with E-state index in [1.54, 1.807) is 58.0 Å². The van der Waals surface area contributed by atoms with E-state index in [1.165, 1.54) is 23.1 Å². The number of carbonyl (C=O) groups is 3. The quantitative estimate of drug-likeness (QED) is 0.702. The molecule has 0 fully saturated rings. The van der Waals surface area contributed by atoms with Gasteiger partial charge in [-0.15, -0.1) is 0 Å². The molecule has 1 aliphatic rings. The number of phenolic OH excluding ortho intramolecular Hbond substituents is 1. The number of nitrogens with zero attached hydrogens (tertiary/aromatic N) is 1.